The molecular weight excluding hydrogens is 236 g/mol. The highest BCUT2D eigenvalue weighted by molar-refractivity contribution is 7.09. The van der Waals surface area contributed by atoms with Crippen LogP contribution in [0.15, 0.2) is 0 Å². The monoisotopic (exact) mass is 251 g/mol. The highest BCUT2D eigenvalue weighted by Gasteiger charge is 2.17. The van der Waals surface area contributed by atoms with Crippen molar-refractivity contribution < 1.29 is 13.9 Å². The summed E-state index contributed by atoms with van der Waals surface area (Å²) in [4.78, 5) is 5.53. The predicted octanol–water partition coefficient (Wildman–Crippen LogP) is 1.73. The first-order chi connectivity index (χ1) is 7.54. The Morgan fingerprint density at radius 2 is 2.12 bits per heavy atom. The van der Waals surface area contributed by atoms with E-state index < -0.39 is 13.0 Å². The normalized spacial score (nSPS) is 11.4. The van der Waals surface area contributed by atoms with Crippen LogP contribution >= 0.6 is 11.5 Å². The van der Waals surface area contributed by atoms with E-state index in [9.17, 15) is 8.78 Å². The predicted molar refractivity (Wildman–Crippen MR) is 59.3 cm³/mol. The van der Waals surface area contributed by atoms with E-state index in [0.717, 1.165) is 11.5 Å². The van der Waals surface area contributed by atoms with Gasteiger partial charge in [0.15, 0.2) is 0 Å². The summed E-state index contributed by atoms with van der Waals surface area (Å²) in [7, 11) is 0. The van der Waals surface area contributed by atoms with Gasteiger partial charge in [0.1, 0.15) is 5.82 Å². The first kappa shape index (κ1) is 13.2. The van der Waals surface area contributed by atoms with Crippen molar-refractivity contribution in [2.75, 3.05) is 24.6 Å². The van der Waals surface area contributed by atoms with E-state index in [1.54, 1.807) is 0 Å². The molecule has 1 aromatic rings. The van der Waals surface area contributed by atoms with E-state index in [4.69, 9.17) is 5.11 Å². The molecule has 0 amide bonds. The standard InChI is InChI=1S/C9H15F2N3OS/c1-6(2)8-12-9(16-13-8)14(3-4-15)5-7(10)11/h6-7,15H,3-5H2,1-2H3. The number of rotatable bonds is 6. The van der Waals surface area contributed by atoms with Crippen molar-refractivity contribution in [1.29, 1.82) is 0 Å². The van der Waals surface area contributed by atoms with Gasteiger partial charge in [-0.25, -0.2) is 13.8 Å². The Morgan fingerprint density at radius 1 is 1.44 bits per heavy atom. The number of halogens is 2. The van der Waals surface area contributed by atoms with Crippen molar-refractivity contribution in [2.24, 2.45) is 0 Å². The molecule has 1 heterocycles. The first-order valence-electron chi connectivity index (χ1n) is 5.02. The summed E-state index contributed by atoms with van der Waals surface area (Å²) in [5.74, 6) is 0.824. The van der Waals surface area contributed by atoms with E-state index in [1.807, 2.05) is 13.8 Å². The largest absolute Gasteiger partial charge is 0.395 e. The Kier molecular flexibility index (Phi) is 5.01. The number of aliphatic hydroxyl groups is 1. The Bertz CT molecular complexity index is 319. The number of alkyl halides is 2. The van der Waals surface area contributed by atoms with Gasteiger partial charge in [0.2, 0.25) is 5.13 Å². The lowest BCUT2D eigenvalue weighted by atomic mass is 10.2. The number of hydrogen-bond acceptors (Lipinski definition) is 5. The molecule has 0 bridgehead atoms. The molecule has 0 saturated heterocycles. The molecule has 0 aliphatic carbocycles. The lowest BCUT2D eigenvalue weighted by molar-refractivity contribution is 0.153. The highest BCUT2D eigenvalue weighted by Crippen LogP contribution is 2.21. The first-order valence-corrected chi connectivity index (χ1v) is 5.79. The second kappa shape index (κ2) is 6.05. The summed E-state index contributed by atoms with van der Waals surface area (Å²) in [5.41, 5.74) is 0. The van der Waals surface area contributed by atoms with Crippen LogP contribution in [0.3, 0.4) is 0 Å². The van der Waals surface area contributed by atoms with Gasteiger partial charge >= 0.3 is 0 Å². The fraction of sp³-hybridized carbons (Fsp3) is 0.778. The van der Waals surface area contributed by atoms with Crippen LogP contribution in [-0.4, -0.2) is 40.6 Å². The Hall–Kier alpha value is -0.820. The zero-order valence-corrected chi connectivity index (χ0v) is 10.0. The van der Waals surface area contributed by atoms with Crippen LogP contribution in [-0.2, 0) is 0 Å². The average Bonchev–Trinajstić information content (AvgIpc) is 2.65. The number of hydrogen-bond donors (Lipinski definition) is 1. The van der Waals surface area contributed by atoms with Crippen LogP contribution in [0.1, 0.15) is 25.6 Å². The minimum atomic E-state index is -2.45. The minimum absolute atomic E-state index is 0.150. The molecule has 0 spiro atoms. The van der Waals surface area contributed by atoms with Gasteiger partial charge in [0.25, 0.3) is 6.43 Å². The maximum absolute atomic E-state index is 12.3. The van der Waals surface area contributed by atoms with Crippen molar-refractivity contribution in [1.82, 2.24) is 9.36 Å². The van der Waals surface area contributed by atoms with E-state index in [0.29, 0.717) is 11.0 Å². The Labute approximate surface area is 97.1 Å². The smallest absolute Gasteiger partial charge is 0.255 e. The topological polar surface area (TPSA) is 49.2 Å². The van der Waals surface area contributed by atoms with Gasteiger partial charge in [-0.05, 0) is 0 Å². The summed E-state index contributed by atoms with van der Waals surface area (Å²) in [6.45, 7) is 3.43. The maximum Gasteiger partial charge on any atom is 0.255 e. The zero-order chi connectivity index (χ0) is 12.1. The van der Waals surface area contributed by atoms with E-state index in [1.165, 1.54) is 4.90 Å². The van der Waals surface area contributed by atoms with Crippen molar-refractivity contribution in [3.05, 3.63) is 5.82 Å². The number of nitrogens with zero attached hydrogens (tertiary/aromatic N) is 3. The van der Waals surface area contributed by atoms with E-state index >= 15 is 0 Å². The van der Waals surface area contributed by atoms with Gasteiger partial charge in [-0.2, -0.15) is 4.37 Å². The summed E-state index contributed by atoms with van der Waals surface area (Å²) in [6, 6.07) is 0. The second-order valence-corrected chi connectivity index (χ2v) is 4.38. The molecule has 0 fully saturated rings. The van der Waals surface area contributed by atoms with Crippen LogP contribution in [0.25, 0.3) is 0 Å². The highest BCUT2D eigenvalue weighted by atomic mass is 32.1. The quantitative estimate of drug-likeness (QED) is 0.836. The fourth-order valence-electron chi connectivity index (χ4n) is 1.14. The van der Waals surface area contributed by atoms with Gasteiger partial charge in [-0.15, -0.1) is 0 Å². The molecular formula is C9H15F2N3OS. The van der Waals surface area contributed by atoms with Gasteiger partial charge < -0.3 is 10.0 Å². The molecule has 92 valence electrons. The van der Waals surface area contributed by atoms with Gasteiger partial charge in [0, 0.05) is 24.0 Å². The molecule has 0 aliphatic heterocycles. The molecule has 0 atom stereocenters. The lowest BCUT2D eigenvalue weighted by Gasteiger charge is -2.19. The molecule has 4 nitrogen and oxygen atoms in total. The molecule has 0 saturated carbocycles. The lowest BCUT2D eigenvalue weighted by Crippen LogP contribution is -2.31. The van der Waals surface area contributed by atoms with Gasteiger partial charge in [0.05, 0.1) is 13.2 Å². The molecule has 0 radical (unpaired) electrons. The molecule has 1 aromatic heterocycles. The third-order valence-corrected chi connectivity index (χ3v) is 2.74. The average molecular weight is 251 g/mol. The van der Waals surface area contributed by atoms with Crippen LogP contribution in [0.5, 0.6) is 0 Å². The third kappa shape index (κ3) is 3.64. The molecule has 1 rings (SSSR count). The second-order valence-electron chi connectivity index (χ2n) is 3.65. The van der Waals surface area contributed by atoms with Crippen LogP contribution in [0.4, 0.5) is 13.9 Å². The summed E-state index contributed by atoms with van der Waals surface area (Å²) >= 11 is 1.09. The number of aromatic nitrogens is 2. The van der Waals surface area contributed by atoms with Crippen LogP contribution in [0, 0.1) is 0 Å². The zero-order valence-electron chi connectivity index (χ0n) is 9.23. The molecule has 0 aromatic carbocycles. The molecule has 0 aliphatic rings. The third-order valence-electron chi connectivity index (χ3n) is 1.95. The molecule has 7 heteroatoms. The van der Waals surface area contributed by atoms with E-state index in [-0.39, 0.29) is 19.1 Å². The van der Waals surface area contributed by atoms with Crippen LogP contribution in [0.2, 0.25) is 0 Å². The van der Waals surface area contributed by atoms with Crippen molar-refractivity contribution in [3.63, 3.8) is 0 Å². The van der Waals surface area contributed by atoms with Gasteiger partial charge in [-0.3, -0.25) is 0 Å². The molecule has 0 unspecified atom stereocenters. The molecule has 16 heavy (non-hydrogen) atoms. The van der Waals surface area contributed by atoms with Crippen molar-refractivity contribution in [2.45, 2.75) is 26.2 Å². The summed E-state index contributed by atoms with van der Waals surface area (Å²) < 4.78 is 28.7. The minimum Gasteiger partial charge on any atom is -0.395 e. The Morgan fingerprint density at radius 3 is 2.56 bits per heavy atom. The SMILES string of the molecule is CC(C)c1nsc(N(CCO)CC(F)F)n1. The van der Waals surface area contributed by atoms with E-state index in [2.05, 4.69) is 9.36 Å². The van der Waals surface area contributed by atoms with Crippen molar-refractivity contribution in [3.8, 4) is 0 Å². The summed E-state index contributed by atoms with van der Waals surface area (Å²) in [5, 5.41) is 9.24. The molecule has 1 N–H and O–H groups in total. The van der Waals surface area contributed by atoms with Crippen LogP contribution < -0.4 is 4.90 Å². The van der Waals surface area contributed by atoms with Crippen molar-refractivity contribution >= 4 is 16.7 Å². The summed E-state index contributed by atoms with van der Waals surface area (Å²) in [6.07, 6.45) is -2.45. The fourth-order valence-corrected chi connectivity index (χ4v) is 1.98. The Balaban J connectivity index is 2.75. The number of aliphatic hydroxyl groups excluding tert-OH is 1. The van der Waals surface area contributed by atoms with Gasteiger partial charge in [-0.1, -0.05) is 13.8 Å². The maximum atomic E-state index is 12.3. The number of anilines is 1.